The van der Waals surface area contributed by atoms with Crippen molar-refractivity contribution in [2.45, 2.75) is 17.6 Å². The number of thioether (sulfide) groups is 1. The van der Waals surface area contributed by atoms with Gasteiger partial charge in [0.2, 0.25) is 5.78 Å². The van der Waals surface area contributed by atoms with Crippen LogP contribution in [0.2, 0.25) is 0 Å². The molecule has 0 saturated carbocycles. The summed E-state index contributed by atoms with van der Waals surface area (Å²) in [5.74, 6) is 0.155. The zero-order valence-corrected chi connectivity index (χ0v) is 9.83. The van der Waals surface area contributed by atoms with E-state index < -0.39 is 0 Å². The number of halogens is 1. The van der Waals surface area contributed by atoms with E-state index in [2.05, 4.69) is 10.1 Å². The van der Waals surface area contributed by atoms with Crippen molar-refractivity contribution in [3.8, 4) is 0 Å². The highest BCUT2D eigenvalue weighted by molar-refractivity contribution is 7.98. The first-order valence-electron chi connectivity index (χ1n) is 4.87. The summed E-state index contributed by atoms with van der Waals surface area (Å²) in [6, 6.07) is 6.44. The van der Waals surface area contributed by atoms with E-state index in [1.807, 2.05) is 0 Å². The Labute approximate surface area is 101 Å². The SMILES string of the molecule is CC(=O)c1nc(CSc2ccccc2F)no1. The Kier molecular flexibility index (Phi) is 3.53. The Hall–Kier alpha value is -1.69. The molecule has 0 spiro atoms. The van der Waals surface area contributed by atoms with Crippen LogP contribution < -0.4 is 0 Å². The largest absolute Gasteiger partial charge is 0.331 e. The van der Waals surface area contributed by atoms with Gasteiger partial charge in [-0.1, -0.05) is 17.3 Å². The minimum atomic E-state index is -0.284. The van der Waals surface area contributed by atoms with Gasteiger partial charge in [0.25, 0.3) is 5.89 Å². The van der Waals surface area contributed by atoms with Crippen LogP contribution in [0.25, 0.3) is 0 Å². The predicted octanol–water partition coefficient (Wildman–Crippen LogP) is 2.70. The molecule has 1 heterocycles. The molecule has 0 aliphatic rings. The summed E-state index contributed by atoms with van der Waals surface area (Å²) in [6.45, 7) is 1.35. The number of aromatic nitrogens is 2. The zero-order chi connectivity index (χ0) is 12.3. The van der Waals surface area contributed by atoms with Crippen LogP contribution >= 0.6 is 11.8 Å². The van der Waals surface area contributed by atoms with Crippen molar-refractivity contribution in [2.75, 3.05) is 0 Å². The molecule has 0 aliphatic carbocycles. The molecular formula is C11H9FN2O2S. The van der Waals surface area contributed by atoms with Crippen molar-refractivity contribution >= 4 is 17.5 Å². The molecule has 0 N–H and O–H groups in total. The summed E-state index contributed by atoms with van der Waals surface area (Å²) in [6.07, 6.45) is 0. The Morgan fingerprint density at radius 2 is 2.24 bits per heavy atom. The van der Waals surface area contributed by atoms with Crippen LogP contribution in [0.4, 0.5) is 4.39 Å². The molecule has 2 rings (SSSR count). The van der Waals surface area contributed by atoms with Crippen molar-refractivity contribution in [1.29, 1.82) is 0 Å². The Bertz CT molecular complexity index is 542. The molecule has 0 saturated heterocycles. The minimum Gasteiger partial charge on any atom is -0.331 e. The van der Waals surface area contributed by atoms with Crippen molar-refractivity contribution in [3.63, 3.8) is 0 Å². The smallest absolute Gasteiger partial charge is 0.293 e. The quantitative estimate of drug-likeness (QED) is 0.618. The van der Waals surface area contributed by atoms with E-state index >= 15 is 0 Å². The molecule has 0 aliphatic heterocycles. The predicted molar refractivity (Wildman–Crippen MR) is 60.3 cm³/mol. The first kappa shape index (κ1) is 11.8. The summed E-state index contributed by atoms with van der Waals surface area (Å²) in [4.78, 5) is 15.3. The lowest BCUT2D eigenvalue weighted by molar-refractivity contribution is 0.0972. The van der Waals surface area contributed by atoms with E-state index in [9.17, 15) is 9.18 Å². The molecule has 4 nitrogen and oxygen atoms in total. The summed E-state index contributed by atoms with van der Waals surface area (Å²) in [5.41, 5.74) is 0. The number of carbonyl (C=O) groups excluding carboxylic acids is 1. The number of benzene rings is 1. The molecule has 88 valence electrons. The maximum atomic E-state index is 13.3. The molecule has 0 unspecified atom stereocenters. The third-order valence-electron chi connectivity index (χ3n) is 1.96. The van der Waals surface area contributed by atoms with Gasteiger partial charge in [0.05, 0.1) is 5.75 Å². The lowest BCUT2D eigenvalue weighted by Crippen LogP contribution is -1.92. The molecule has 2 aromatic rings. The van der Waals surface area contributed by atoms with Crippen LogP contribution in [0.1, 0.15) is 23.4 Å². The molecule has 0 amide bonds. The summed E-state index contributed by atoms with van der Waals surface area (Å²) in [5, 5.41) is 3.63. The van der Waals surface area contributed by atoms with Gasteiger partial charge in [0.1, 0.15) is 5.82 Å². The molecule has 0 fully saturated rings. The van der Waals surface area contributed by atoms with Crippen molar-refractivity contribution in [1.82, 2.24) is 10.1 Å². The second kappa shape index (κ2) is 5.09. The first-order valence-corrected chi connectivity index (χ1v) is 5.86. The fourth-order valence-electron chi connectivity index (χ4n) is 1.16. The standard InChI is InChI=1S/C11H9FN2O2S/c1-7(15)11-13-10(14-16-11)6-17-9-5-3-2-4-8(9)12/h2-5H,6H2,1H3. The minimum absolute atomic E-state index is 0.0193. The van der Waals surface area contributed by atoms with Crippen LogP contribution in [0, 0.1) is 5.82 Å². The first-order chi connectivity index (χ1) is 8.16. The Morgan fingerprint density at radius 3 is 2.88 bits per heavy atom. The van der Waals surface area contributed by atoms with Crippen LogP contribution in [-0.4, -0.2) is 15.9 Å². The average Bonchev–Trinajstić information content (AvgIpc) is 2.77. The van der Waals surface area contributed by atoms with Crippen LogP contribution in [-0.2, 0) is 5.75 Å². The highest BCUT2D eigenvalue weighted by Crippen LogP contribution is 2.24. The fourth-order valence-corrected chi connectivity index (χ4v) is 1.94. The van der Waals surface area contributed by atoms with E-state index in [0.717, 1.165) is 0 Å². The molecule has 0 radical (unpaired) electrons. The Morgan fingerprint density at radius 1 is 1.47 bits per heavy atom. The molecule has 0 bridgehead atoms. The van der Waals surface area contributed by atoms with Gasteiger partial charge in [-0.05, 0) is 12.1 Å². The molecule has 6 heteroatoms. The zero-order valence-electron chi connectivity index (χ0n) is 9.01. The number of rotatable bonds is 4. The van der Waals surface area contributed by atoms with Crippen molar-refractivity contribution in [2.24, 2.45) is 0 Å². The number of Topliss-reactive ketones (excluding diaryl/α,β-unsaturated/α-hetero) is 1. The topological polar surface area (TPSA) is 56.0 Å². The highest BCUT2D eigenvalue weighted by atomic mass is 32.2. The van der Waals surface area contributed by atoms with E-state index in [1.165, 1.54) is 24.8 Å². The Balaban J connectivity index is 2.02. The number of carbonyl (C=O) groups is 1. The molecule has 17 heavy (non-hydrogen) atoms. The number of hydrogen-bond acceptors (Lipinski definition) is 5. The molecule has 1 aromatic carbocycles. The molecule has 1 aromatic heterocycles. The van der Waals surface area contributed by atoms with E-state index in [-0.39, 0.29) is 17.5 Å². The van der Waals surface area contributed by atoms with Crippen LogP contribution in [0.3, 0.4) is 0 Å². The van der Waals surface area contributed by atoms with E-state index in [0.29, 0.717) is 16.5 Å². The van der Waals surface area contributed by atoms with Gasteiger partial charge in [-0.2, -0.15) is 4.98 Å². The van der Waals surface area contributed by atoms with Crippen LogP contribution in [0.5, 0.6) is 0 Å². The van der Waals surface area contributed by atoms with Gasteiger partial charge in [-0.3, -0.25) is 4.79 Å². The van der Waals surface area contributed by atoms with Gasteiger partial charge in [0, 0.05) is 11.8 Å². The lowest BCUT2D eigenvalue weighted by Gasteiger charge is -1.98. The van der Waals surface area contributed by atoms with Gasteiger partial charge in [-0.15, -0.1) is 11.8 Å². The van der Waals surface area contributed by atoms with E-state index in [1.54, 1.807) is 18.2 Å². The summed E-state index contributed by atoms with van der Waals surface area (Å²) in [7, 11) is 0. The average molecular weight is 252 g/mol. The highest BCUT2D eigenvalue weighted by Gasteiger charge is 2.11. The van der Waals surface area contributed by atoms with Gasteiger partial charge in [0.15, 0.2) is 5.82 Å². The number of hydrogen-bond donors (Lipinski definition) is 0. The van der Waals surface area contributed by atoms with E-state index in [4.69, 9.17) is 4.52 Å². The second-order valence-corrected chi connectivity index (χ2v) is 4.31. The van der Waals surface area contributed by atoms with Gasteiger partial charge in [-0.25, -0.2) is 4.39 Å². The maximum absolute atomic E-state index is 13.3. The number of nitrogens with zero attached hydrogens (tertiary/aromatic N) is 2. The van der Waals surface area contributed by atoms with Crippen molar-refractivity contribution in [3.05, 3.63) is 41.8 Å². The molecular weight excluding hydrogens is 243 g/mol. The maximum Gasteiger partial charge on any atom is 0.293 e. The fraction of sp³-hybridized carbons (Fsp3) is 0.182. The summed E-state index contributed by atoms with van der Waals surface area (Å²) >= 11 is 1.25. The van der Waals surface area contributed by atoms with Crippen LogP contribution in [0.15, 0.2) is 33.7 Å². The monoisotopic (exact) mass is 252 g/mol. The second-order valence-electron chi connectivity index (χ2n) is 3.29. The van der Waals surface area contributed by atoms with Gasteiger partial charge >= 0.3 is 0 Å². The third-order valence-corrected chi connectivity index (χ3v) is 3.01. The van der Waals surface area contributed by atoms with Crippen molar-refractivity contribution < 1.29 is 13.7 Å². The third kappa shape index (κ3) is 2.91. The number of ketones is 1. The summed E-state index contributed by atoms with van der Waals surface area (Å²) < 4.78 is 18.0. The van der Waals surface area contributed by atoms with Gasteiger partial charge < -0.3 is 4.52 Å². The lowest BCUT2D eigenvalue weighted by atomic mass is 10.3. The normalized spacial score (nSPS) is 10.5. The molecule has 0 atom stereocenters.